The lowest BCUT2D eigenvalue weighted by atomic mass is 9.74. The topological polar surface area (TPSA) is 52.6 Å². The Bertz CT molecular complexity index is 768. The van der Waals surface area contributed by atoms with Crippen LogP contribution in [0.3, 0.4) is 0 Å². The zero-order valence-corrected chi connectivity index (χ0v) is 12.3. The van der Waals surface area contributed by atoms with E-state index in [1.807, 2.05) is 36.4 Å². The molecule has 0 N–H and O–H groups in total. The van der Waals surface area contributed by atoms with Crippen LogP contribution in [0.4, 0.5) is 0 Å². The van der Waals surface area contributed by atoms with E-state index in [1.165, 1.54) is 7.11 Å². The van der Waals surface area contributed by atoms with E-state index >= 15 is 0 Å². The highest BCUT2D eigenvalue weighted by atomic mass is 16.6. The molecule has 2 aromatic rings. The largest absolute Gasteiger partial charge is 0.468 e. The summed E-state index contributed by atoms with van der Waals surface area (Å²) in [5.74, 6) is -1.20. The number of hydrogen-bond acceptors (Lipinski definition) is 4. The van der Waals surface area contributed by atoms with E-state index in [-0.39, 0.29) is 13.0 Å². The highest BCUT2D eigenvalue weighted by molar-refractivity contribution is 6.08. The first-order valence-electron chi connectivity index (χ1n) is 6.99. The molecule has 1 atom stereocenters. The van der Waals surface area contributed by atoms with Crippen molar-refractivity contribution in [3.63, 3.8) is 0 Å². The fraction of sp³-hybridized carbons (Fsp3) is 0.222. The number of carbonyl (C=O) groups excluding carboxylic acids is 2. The minimum Gasteiger partial charge on any atom is -0.468 e. The summed E-state index contributed by atoms with van der Waals surface area (Å²) in [4.78, 5) is 24.9. The summed E-state index contributed by atoms with van der Waals surface area (Å²) in [6, 6.07) is 13.3. The number of hydrogen-bond donors (Lipinski definition) is 0. The van der Waals surface area contributed by atoms with E-state index in [0.717, 1.165) is 10.8 Å². The van der Waals surface area contributed by atoms with Gasteiger partial charge in [0.1, 0.15) is 6.61 Å². The van der Waals surface area contributed by atoms with Gasteiger partial charge < -0.3 is 9.47 Å². The van der Waals surface area contributed by atoms with Gasteiger partial charge in [0.05, 0.1) is 7.11 Å². The molecule has 0 aromatic heterocycles. The second kappa shape index (κ2) is 5.30. The first kappa shape index (κ1) is 14.3. The lowest BCUT2D eigenvalue weighted by Gasteiger charge is -2.33. The lowest BCUT2D eigenvalue weighted by Crippen LogP contribution is -2.49. The third kappa shape index (κ3) is 2.08. The molecule has 4 nitrogen and oxygen atoms in total. The Kier molecular flexibility index (Phi) is 3.45. The van der Waals surface area contributed by atoms with Gasteiger partial charge in [-0.05, 0) is 28.0 Å². The van der Waals surface area contributed by atoms with Crippen LogP contribution >= 0.6 is 0 Å². The highest BCUT2D eigenvalue weighted by Gasteiger charge is 2.52. The van der Waals surface area contributed by atoms with Gasteiger partial charge in [-0.25, -0.2) is 0 Å². The summed E-state index contributed by atoms with van der Waals surface area (Å²) in [6.07, 6.45) is 0.205. The summed E-state index contributed by atoms with van der Waals surface area (Å²) in [5.41, 5.74) is -0.198. The average molecular weight is 296 g/mol. The summed E-state index contributed by atoms with van der Waals surface area (Å²) < 4.78 is 10.1. The SMILES string of the molecule is C=C1COC(=O)C(C(=O)OC)(c2ccc3ccccc3c2)C1. The zero-order valence-electron chi connectivity index (χ0n) is 12.3. The number of carbonyl (C=O) groups is 2. The summed E-state index contributed by atoms with van der Waals surface area (Å²) in [6.45, 7) is 4.01. The number of methoxy groups -OCH3 is 1. The van der Waals surface area contributed by atoms with Crippen molar-refractivity contribution in [3.8, 4) is 0 Å². The maximum atomic E-state index is 12.4. The predicted molar refractivity (Wildman–Crippen MR) is 82.4 cm³/mol. The van der Waals surface area contributed by atoms with Gasteiger partial charge in [0.2, 0.25) is 0 Å². The molecule has 0 spiro atoms. The molecule has 1 unspecified atom stereocenters. The number of benzene rings is 2. The van der Waals surface area contributed by atoms with E-state index in [9.17, 15) is 9.59 Å². The Balaban J connectivity index is 2.21. The standard InChI is InChI=1S/C18H16O4/c1-12-10-18(16(19)21-2,17(20)22-11-12)15-8-7-13-5-3-4-6-14(13)9-15/h3-9H,1,10-11H2,2H3. The number of rotatable bonds is 2. The number of ether oxygens (including phenoxy) is 2. The van der Waals surface area contributed by atoms with Crippen molar-refractivity contribution in [2.45, 2.75) is 11.8 Å². The molecule has 1 saturated heterocycles. The second-order valence-corrected chi connectivity index (χ2v) is 5.46. The molecule has 22 heavy (non-hydrogen) atoms. The Morgan fingerprint density at radius 1 is 1.23 bits per heavy atom. The van der Waals surface area contributed by atoms with E-state index in [4.69, 9.17) is 9.47 Å². The van der Waals surface area contributed by atoms with Gasteiger partial charge >= 0.3 is 11.9 Å². The number of esters is 2. The van der Waals surface area contributed by atoms with Crippen molar-refractivity contribution >= 4 is 22.7 Å². The summed E-state index contributed by atoms with van der Waals surface area (Å²) in [5, 5.41) is 1.99. The van der Waals surface area contributed by atoms with Gasteiger partial charge in [0.15, 0.2) is 5.41 Å². The Morgan fingerprint density at radius 3 is 2.68 bits per heavy atom. The molecule has 1 aliphatic heterocycles. The van der Waals surface area contributed by atoms with Gasteiger partial charge in [-0.2, -0.15) is 0 Å². The van der Waals surface area contributed by atoms with E-state index < -0.39 is 17.4 Å². The van der Waals surface area contributed by atoms with Gasteiger partial charge in [-0.1, -0.05) is 43.0 Å². The van der Waals surface area contributed by atoms with Crippen LogP contribution in [0.1, 0.15) is 12.0 Å². The number of fused-ring (bicyclic) bond motifs is 1. The first-order valence-corrected chi connectivity index (χ1v) is 6.99. The lowest BCUT2D eigenvalue weighted by molar-refractivity contribution is -0.165. The van der Waals surface area contributed by atoms with Crippen molar-refractivity contribution < 1.29 is 19.1 Å². The monoisotopic (exact) mass is 296 g/mol. The Morgan fingerprint density at radius 2 is 1.95 bits per heavy atom. The van der Waals surface area contributed by atoms with Crippen LogP contribution in [0.2, 0.25) is 0 Å². The van der Waals surface area contributed by atoms with Crippen LogP contribution in [0.25, 0.3) is 10.8 Å². The summed E-state index contributed by atoms with van der Waals surface area (Å²) >= 11 is 0. The molecule has 1 aliphatic rings. The fourth-order valence-corrected chi connectivity index (χ4v) is 2.91. The van der Waals surface area contributed by atoms with Crippen LogP contribution in [0.5, 0.6) is 0 Å². The Hall–Kier alpha value is -2.62. The van der Waals surface area contributed by atoms with Crippen LogP contribution in [-0.4, -0.2) is 25.7 Å². The third-order valence-electron chi connectivity index (χ3n) is 4.05. The van der Waals surface area contributed by atoms with Crippen LogP contribution < -0.4 is 0 Å². The predicted octanol–water partition coefficient (Wildman–Crippen LogP) is 2.75. The molecule has 3 rings (SSSR count). The maximum absolute atomic E-state index is 12.4. The minimum absolute atomic E-state index is 0.144. The number of cyclic esters (lactones) is 1. The van der Waals surface area contributed by atoms with Crippen LogP contribution in [-0.2, 0) is 24.5 Å². The third-order valence-corrected chi connectivity index (χ3v) is 4.05. The van der Waals surface area contributed by atoms with E-state index in [0.29, 0.717) is 11.1 Å². The van der Waals surface area contributed by atoms with Gasteiger partial charge in [-0.15, -0.1) is 0 Å². The van der Waals surface area contributed by atoms with Gasteiger partial charge in [0, 0.05) is 6.42 Å². The Labute approximate surface area is 128 Å². The minimum atomic E-state index is -1.46. The van der Waals surface area contributed by atoms with Crippen LogP contribution in [0, 0.1) is 0 Å². The smallest absolute Gasteiger partial charge is 0.328 e. The molecule has 0 amide bonds. The molecule has 0 aliphatic carbocycles. The maximum Gasteiger partial charge on any atom is 0.328 e. The zero-order chi connectivity index (χ0) is 15.7. The van der Waals surface area contributed by atoms with Crippen molar-refractivity contribution in [2.24, 2.45) is 0 Å². The van der Waals surface area contributed by atoms with Crippen molar-refractivity contribution in [1.29, 1.82) is 0 Å². The molecule has 4 heteroatoms. The highest BCUT2D eigenvalue weighted by Crippen LogP contribution is 2.38. The van der Waals surface area contributed by atoms with Gasteiger partial charge in [0.25, 0.3) is 0 Å². The van der Waals surface area contributed by atoms with Crippen molar-refractivity contribution in [3.05, 3.63) is 60.2 Å². The first-order chi connectivity index (χ1) is 10.6. The molecular weight excluding hydrogens is 280 g/mol. The molecule has 1 heterocycles. The molecule has 0 radical (unpaired) electrons. The quantitative estimate of drug-likeness (QED) is 0.486. The fourth-order valence-electron chi connectivity index (χ4n) is 2.91. The average Bonchev–Trinajstić information content (AvgIpc) is 2.56. The van der Waals surface area contributed by atoms with Crippen molar-refractivity contribution in [2.75, 3.05) is 13.7 Å². The molecule has 0 saturated carbocycles. The molecule has 112 valence electrons. The molecule has 2 aromatic carbocycles. The molecule has 0 bridgehead atoms. The van der Waals surface area contributed by atoms with E-state index in [1.54, 1.807) is 6.07 Å². The molecular formula is C18H16O4. The van der Waals surface area contributed by atoms with Gasteiger partial charge in [-0.3, -0.25) is 9.59 Å². The second-order valence-electron chi connectivity index (χ2n) is 5.46. The van der Waals surface area contributed by atoms with E-state index in [2.05, 4.69) is 6.58 Å². The normalized spacial score (nSPS) is 21.5. The van der Waals surface area contributed by atoms with Crippen molar-refractivity contribution in [1.82, 2.24) is 0 Å². The van der Waals surface area contributed by atoms with Crippen LogP contribution in [0.15, 0.2) is 54.6 Å². The summed E-state index contributed by atoms with van der Waals surface area (Å²) in [7, 11) is 1.27. The molecule has 1 fully saturated rings.